The van der Waals surface area contributed by atoms with E-state index < -0.39 is 17.7 Å². The number of carbonyl (C=O) groups excluding carboxylic acids is 2. The van der Waals surface area contributed by atoms with E-state index in [0.717, 1.165) is 11.1 Å². The van der Waals surface area contributed by atoms with E-state index in [9.17, 15) is 14.7 Å². The third kappa shape index (κ3) is 4.26. The van der Waals surface area contributed by atoms with E-state index in [0.29, 0.717) is 28.4 Å². The van der Waals surface area contributed by atoms with E-state index in [1.165, 1.54) is 33.3 Å². The Morgan fingerprint density at radius 2 is 1.70 bits per heavy atom. The van der Waals surface area contributed by atoms with Crippen LogP contribution in [0.25, 0.3) is 5.76 Å². The number of aliphatic hydroxyl groups is 1. The number of ketones is 1. The molecule has 8 heteroatoms. The van der Waals surface area contributed by atoms with Crippen LogP contribution in [-0.4, -0.2) is 63.3 Å². The van der Waals surface area contributed by atoms with Crippen LogP contribution in [0.5, 0.6) is 17.2 Å². The van der Waals surface area contributed by atoms with Crippen molar-refractivity contribution in [1.82, 2.24) is 4.90 Å². The fourth-order valence-corrected chi connectivity index (χ4v) is 4.30. The Balaban J connectivity index is 2.34. The Bertz CT molecular complexity index is 1110. The number of hydrogen-bond donors (Lipinski definition) is 1. The van der Waals surface area contributed by atoms with Crippen molar-refractivity contribution in [3.8, 4) is 17.2 Å². The summed E-state index contributed by atoms with van der Waals surface area (Å²) in [6.07, 6.45) is 0. The molecule has 1 unspecified atom stereocenters. The lowest BCUT2D eigenvalue weighted by molar-refractivity contribution is -0.140. The zero-order chi connectivity index (χ0) is 24.3. The summed E-state index contributed by atoms with van der Waals surface area (Å²) in [7, 11) is 5.99. The molecule has 1 fully saturated rings. The maximum atomic E-state index is 13.2. The minimum Gasteiger partial charge on any atom is -0.507 e. The quantitative estimate of drug-likeness (QED) is 0.370. The molecular formula is C25H29NO7. The first-order valence-corrected chi connectivity index (χ1v) is 10.4. The predicted octanol–water partition coefficient (Wildman–Crippen LogP) is 3.40. The van der Waals surface area contributed by atoms with Gasteiger partial charge in [0.1, 0.15) is 11.5 Å². The second-order valence-corrected chi connectivity index (χ2v) is 7.73. The van der Waals surface area contributed by atoms with Gasteiger partial charge in [-0.1, -0.05) is 18.2 Å². The third-order valence-electron chi connectivity index (χ3n) is 5.68. The summed E-state index contributed by atoms with van der Waals surface area (Å²) in [5.74, 6) is -0.597. The molecule has 0 spiro atoms. The molecule has 1 amide bonds. The van der Waals surface area contributed by atoms with Crippen molar-refractivity contribution in [2.75, 3.05) is 41.6 Å². The number of benzene rings is 2. The minimum atomic E-state index is -0.907. The number of hydrogen-bond acceptors (Lipinski definition) is 7. The summed E-state index contributed by atoms with van der Waals surface area (Å²) in [6.45, 7) is 4.08. The van der Waals surface area contributed by atoms with Crippen LogP contribution in [0.2, 0.25) is 0 Å². The van der Waals surface area contributed by atoms with E-state index in [2.05, 4.69) is 0 Å². The molecule has 0 aromatic heterocycles. The number of Topliss-reactive ketones (excluding diaryl/α,β-unsaturated/α-hetero) is 1. The number of aliphatic hydroxyl groups excluding tert-OH is 1. The number of carbonyl (C=O) groups is 2. The molecule has 3 rings (SSSR count). The van der Waals surface area contributed by atoms with E-state index in [1.807, 2.05) is 19.9 Å². The number of rotatable bonds is 8. The van der Waals surface area contributed by atoms with Gasteiger partial charge in [-0.2, -0.15) is 0 Å². The zero-order valence-electron chi connectivity index (χ0n) is 19.7. The lowest BCUT2D eigenvalue weighted by atomic mass is 9.93. The Morgan fingerprint density at radius 1 is 1.00 bits per heavy atom. The fraction of sp³-hybridized carbons (Fsp3) is 0.360. The molecule has 176 valence electrons. The molecule has 0 saturated carbocycles. The first kappa shape index (κ1) is 24.1. The second kappa shape index (κ2) is 9.95. The van der Waals surface area contributed by atoms with E-state index in [1.54, 1.807) is 24.3 Å². The monoisotopic (exact) mass is 455 g/mol. The zero-order valence-corrected chi connectivity index (χ0v) is 19.7. The van der Waals surface area contributed by atoms with Crippen LogP contribution in [0.3, 0.4) is 0 Å². The topological polar surface area (TPSA) is 94.5 Å². The summed E-state index contributed by atoms with van der Waals surface area (Å²) < 4.78 is 21.7. The van der Waals surface area contributed by atoms with Crippen LogP contribution in [0.15, 0.2) is 35.9 Å². The number of amides is 1. The molecule has 0 aliphatic carbocycles. The number of aryl methyl sites for hydroxylation is 2. The lowest BCUT2D eigenvalue weighted by Crippen LogP contribution is -2.32. The molecule has 1 saturated heterocycles. The van der Waals surface area contributed by atoms with Gasteiger partial charge < -0.3 is 29.0 Å². The molecule has 0 bridgehead atoms. The number of likely N-dealkylation sites (tertiary alicyclic amines) is 1. The normalized spacial score (nSPS) is 17.4. The van der Waals surface area contributed by atoms with Crippen LogP contribution in [0.4, 0.5) is 0 Å². The molecule has 0 radical (unpaired) electrons. The molecule has 1 aliphatic rings. The van der Waals surface area contributed by atoms with Gasteiger partial charge in [-0.3, -0.25) is 9.59 Å². The first-order valence-electron chi connectivity index (χ1n) is 10.4. The molecule has 33 heavy (non-hydrogen) atoms. The van der Waals surface area contributed by atoms with Crippen molar-refractivity contribution >= 4 is 17.4 Å². The van der Waals surface area contributed by atoms with Gasteiger partial charge in [0.05, 0.1) is 45.1 Å². The van der Waals surface area contributed by atoms with Crippen molar-refractivity contribution in [2.45, 2.75) is 19.9 Å². The maximum Gasteiger partial charge on any atom is 0.295 e. The number of para-hydroxylation sites is 1. The minimum absolute atomic E-state index is 0.0500. The van der Waals surface area contributed by atoms with Crippen LogP contribution >= 0.6 is 0 Å². The molecule has 2 aromatic rings. The smallest absolute Gasteiger partial charge is 0.295 e. The van der Waals surface area contributed by atoms with Crippen molar-refractivity contribution < 1.29 is 33.6 Å². The van der Waals surface area contributed by atoms with Gasteiger partial charge in [0, 0.05) is 19.2 Å². The molecule has 2 aromatic carbocycles. The van der Waals surface area contributed by atoms with Gasteiger partial charge in [0.15, 0.2) is 11.5 Å². The van der Waals surface area contributed by atoms with Gasteiger partial charge in [0.2, 0.25) is 0 Å². The van der Waals surface area contributed by atoms with Crippen molar-refractivity contribution in [1.29, 1.82) is 0 Å². The Morgan fingerprint density at radius 3 is 2.30 bits per heavy atom. The highest BCUT2D eigenvalue weighted by Gasteiger charge is 2.47. The van der Waals surface area contributed by atoms with Crippen molar-refractivity contribution in [3.63, 3.8) is 0 Å². The lowest BCUT2D eigenvalue weighted by Gasteiger charge is -2.27. The summed E-state index contributed by atoms with van der Waals surface area (Å²) in [6, 6.07) is 7.93. The predicted molar refractivity (Wildman–Crippen MR) is 123 cm³/mol. The largest absolute Gasteiger partial charge is 0.507 e. The highest BCUT2D eigenvalue weighted by molar-refractivity contribution is 6.46. The number of ether oxygens (including phenoxy) is 4. The first-order chi connectivity index (χ1) is 15.8. The average molecular weight is 456 g/mol. The molecule has 1 N–H and O–H groups in total. The number of methoxy groups -OCH3 is 4. The molecule has 8 nitrogen and oxygen atoms in total. The summed E-state index contributed by atoms with van der Waals surface area (Å²) in [4.78, 5) is 27.7. The van der Waals surface area contributed by atoms with Crippen molar-refractivity contribution in [3.05, 3.63) is 58.2 Å². The van der Waals surface area contributed by atoms with Crippen LogP contribution in [-0.2, 0) is 14.3 Å². The van der Waals surface area contributed by atoms with E-state index >= 15 is 0 Å². The SMILES string of the molecule is COCCN1C(=O)C(=O)/C(=C(/O)c2cc(C)cc(C)c2OC)C1c1cccc(OC)c1OC. The number of nitrogens with zero attached hydrogens (tertiary/aromatic N) is 1. The van der Waals surface area contributed by atoms with E-state index in [4.69, 9.17) is 18.9 Å². The molecule has 1 atom stereocenters. The Hall–Kier alpha value is -3.52. The summed E-state index contributed by atoms with van der Waals surface area (Å²) in [5.41, 5.74) is 2.47. The second-order valence-electron chi connectivity index (χ2n) is 7.73. The molecule has 1 aliphatic heterocycles. The van der Waals surface area contributed by atoms with Crippen molar-refractivity contribution in [2.24, 2.45) is 0 Å². The molecular weight excluding hydrogens is 426 g/mol. The Labute approximate surface area is 193 Å². The highest BCUT2D eigenvalue weighted by atomic mass is 16.5. The van der Waals surface area contributed by atoms with Crippen LogP contribution in [0, 0.1) is 13.8 Å². The van der Waals surface area contributed by atoms with Gasteiger partial charge in [-0.15, -0.1) is 0 Å². The van der Waals surface area contributed by atoms with Gasteiger partial charge in [-0.05, 0) is 37.1 Å². The highest BCUT2D eigenvalue weighted by Crippen LogP contribution is 2.46. The summed E-state index contributed by atoms with van der Waals surface area (Å²) >= 11 is 0. The molecule has 1 heterocycles. The van der Waals surface area contributed by atoms with Crippen LogP contribution < -0.4 is 14.2 Å². The maximum absolute atomic E-state index is 13.2. The van der Waals surface area contributed by atoms with Gasteiger partial charge in [-0.25, -0.2) is 0 Å². The fourth-order valence-electron chi connectivity index (χ4n) is 4.30. The van der Waals surface area contributed by atoms with Gasteiger partial charge >= 0.3 is 0 Å². The summed E-state index contributed by atoms with van der Waals surface area (Å²) in [5, 5.41) is 11.4. The third-order valence-corrected chi connectivity index (χ3v) is 5.68. The standard InChI is InChI=1S/C25H29NO7/c1-14-12-15(2)23(32-5)17(13-14)21(27)19-20(26(10-11-30-3)25(29)22(19)28)16-8-7-9-18(31-4)24(16)33-6/h7-9,12-13,20,27H,10-11H2,1-6H3/b21-19+. The Kier molecular flexibility index (Phi) is 7.28. The average Bonchev–Trinajstić information content (AvgIpc) is 3.05. The van der Waals surface area contributed by atoms with Crippen LogP contribution in [0.1, 0.15) is 28.3 Å². The van der Waals surface area contributed by atoms with E-state index in [-0.39, 0.29) is 24.5 Å². The van der Waals surface area contributed by atoms with Gasteiger partial charge in [0.25, 0.3) is 11.7 Å².